The summed E-state index contributed by atoms with van der Waals surface area (Å²) in [7, 11) is 0. The lowest BCUT2D eigenvalue weighted by atomic mass is 10.1. The Morgan fingerprint density at radius 3 is 3.05 bits per heavy atom. The zero-order valence-corrected chi connectivity index (χ0v) is 11.2. The molecule has 0 aromatic carbocycles. The van der Waals surface area contributed by atoms with Gasteiger partial charge in [0, 0.05) is 19.2 Å². The Labute approximate surface area is 115 Å². The summed E-state index contributed by atoms with van der Waals surface area (Å²) in [5.41, 5.74) is 5.54. The summed E-state index contributed by atoms with van der Waals surface area (Å²) in [5, 5.41) is 0.310. The summed E-state index contributed by atoms with van der Waals surface area (Å²) >= 11 is 5.85. The monoisotopic (exact) mass is 283 g/mol. The molecule has 1 saturated heterocycles. The van der Waals surface area contributed by atoms with Crippen LogP contribution >= 0.6 is 11.6 Å². The average Bonchev–Trinajstić information content (AvgIpc) is 2.70. The Morgan fingerprint density at radius 1 is 1.68 bits per heavy atom. The van der Waals surface area contributed by atoms with E-state index in [9.17, 15) is 9.59 Å². The number of anilines is 1. The molecule has 1 atom stereocenters. The lowest BCUT2D eigenvalue weighted by Crippen LogP contribution is -2.37. The number of rotatable bonds is 3. The number of hydrogen-bond acceptors (Lipinski definition) is 5. The standard InChI is InChI=1S/C12H14ClN3O3/c1-12(19-11(14)18)2-3-16(7-12)9-4-10(13)15-5-8(9)6-17/h4-6H,2-3,7H2,1H3,(H2,14,18)/t12-/m0/s1. The Bertz CT molecular complexity index is 523. The number of halogens is 1. The van der Waals surface area contributed by atoms with E-state index >= 15 is 0 Å². The molecule has 0 bridgehead atoms. The highest BCUT2D eigenvalue weighted by Gasteiger charge is 2.37. The highest BCUT2D eigenvalue weighted by molar-refractivity contribution is 6.29. The van der Waals surface area contributed by atoms with Gasteiger partial charge in [-0.2, -0.15) is 0 Å². The van der Waals surface area contributed by atoms with Gasteiger partial charge in [0.2, 0.25) is 0 Å². The van der Waals surface area contributed by atoms with Crippen molar-refractivity contribution in [3.63, 3.8) is 0 Å². The van der Waals surface area contributed by atoms with Crippen LogP contribution in [0.1, 0.15) is 23.7 Å². The maximum Gasteiger partial charge on any atom is 0.405 e. The first-order valence-corrected chi connectivity index (χ1v) is 6.15. The van der Waals surface area contributed by atoms with Crippen molar-refractivity contribution >= 4 is 29.7 Å². The van der Waals surface area contributed by atoms with E-state index in [4.69, 9.17) is 22.1 Å². The van der Waals surface area contributed by atoms with Crippen LogP contribution < -0.4 is 10.6 Å². The van der Waals surface area contributed by atoms with Crippen molar-refractivity contribution in [3.05, 3.63) is 23.0 Å². The topological polar surface area (TPSA) is 85.5 Å². The van der Waals surface area contributed by atoms with Gasteiger partial charge in [0.15, 0.2) is 6.29 Å². The predicted octanol–water partition coefficient (Wildman–Crippen LogP) is 1.61. The first kappa shape index (κ1) is 13.6. The van der Waals surface area contributed by atoms with Crippen LogP contribution in [0.3, 0.4) is 0 Å². The second-order valence-electron chi connectivity index (χ2n) is 4.73. The van der Waals surface area contributed by atoms with Crippen LogP contribution in [-0.2, 0) is 4.74 Å². The van der Waals surface area contributed by atoms with Crippen LogP contribution in [0.25, 0.3) is 0 Å². The van der Waals surface area contributed by atoms with Gasteiger partial charge in [-0.25, -0.2) is 9.78 Å². The number of hydrogen-bond donors (Lipinski definition) is 1. The van der Waals surface area contributed by atoms with E-state index in [0.29, 0.717) is 35.9 Å². The van der Waals surface area contributed by atoms with E-state index in [0.717, 1.165) is 6.29 Å². The fourth-order valence-corrected chi connectivity index (χ4v) is 2.41. The van der Waals surface area contributed by atoms with E-state index in [-0.39, 0.29) is 0 Å². The summed E-state index contributed by atoms with van der Waals surface area (Å²) in [6.07, 6.45) is 1.99. The number of pyridine rings is 1. The Hall–Kier alpha value is -1.82. The van der Waals surface area contributed by atoms with Gasteiger partial charge in [-0.05, 0) is 13.0 Å². The molecule has 6 nitrogen and oxygen atoms in total. The molecule has 0 saturated carbocycles. The quantitative estimate of drug-likeness (QED) is 0.673. The van der Waals surface area contributed by atoms with Gasteiger partial charge in [-0.15, -0.1) is 0 Å². The minimum absolute atomic E-state index is 0.310. The molecule has 1 aromatic rings. The van der Waals surface area contributed by atoms with Crippen molar-refractivity contribution in [2.45, 2.75) is 18.9 Å². The molecule has 0 unspecified atom stereocenters. The smallest absolute Gasteiger partial charge is 0.405 e. The molecular formula is C12H14ClN3O3. The minimum atomic E-state index is -0.798. The molecule has 1 aromatic heterocycles. The van der Waals surface area contributed by atoms with Gasteiger partial charge in [-0.1, -0.05) is 11.6 Å². The van der Waals surface area contributed by atoms with Gasteiger partial charge < -0.3 is 15.4 Å². The first-order chi connectivity index (χ1) is 8.93. The lowest BCUT2D eigenvalue weighted by molar-refractivity contribution is 0.0480. The summed E-state index contributed by atoms with van der Waals surface area (Å²) in [6.45, 7) is 2.91. The van der Waals surface area contributed by atoms with E-state index in [1.165, 1.54) is 6.20 Å². The molecule has 1 aliphatic heterocycles. The fourth-order valence-electron chi connectivity index (χ4n) is 2.26. The molecule has 1 fully saturated rings. The maximum absolute atomic E-state index is 11.0. The number of nitrogens with zero attached hydrogens (tertiary/aromatic N) is 2. The number of nitrogens with two attached hydrogens (primary N) is 1. The molecule has 2 rings (SSSR count). The zero-order chi connectivity index (χ0) is 14.0. The number of carbonyl (C=O) groups is 2. The molecule has 2 N–H and O–H groups in total. The third kappa shape index (κ3) is 2.96. The predicted molar refractivity (Wildman–Crippen MR) is 70.5 cm³/mol. The third-order valence-corrected chi connectivity index (χ3v) is 3.34. The second kappa shape index (κ2) is 5.05. The Kier molecular flexibility index (Phi) is 3.61. The van der Waals surface area contributed by atoms with Crippen LogP contribution in [0.15, 0.2) is 12.3 Å². The molecule has 0 spiro atoms. The molecular weight excluding hydrogens is 270 g/mol. The van der Waals surface area contributed by atoms with Crippen molar-refractivity contribution in [1.29, 1.82) is 0 Å². The molecule has 0 radical (unpaired) electrons. The molecule has 7 heteroatoms. The molecule has 1 aliphatic rings. The fraction of sp³-hybridized carbons (Fsp3) is 0.417. The van der Waals surface area contributed by atoms with Gasteiger partial charge in [0.1, 0.15) is 10.8 Å². The summed E-state index contributed by atoms with van der Waals surface area (Å²) < 4.78 is 5.11. The molecule has 19 heavy (non-hydrogen) atoms. The van der Waals surface area contributed by atoms with E-state index in [1.54, 1.807) is 13.0 Å². The largest absolute Gasteiger partial charge is 0.441 e. The van der Waals surface area contributed by atoms with Crippen molar-refractivity contribution in [3.8, 4) is 0 Å². The van der Waals surface area contributed by atoms with Crippen LogP contribution in [0.5, 0.6) is 0 Å². The number of aromatic nitrogens is 1. The molecule has 102 valence electrons. The highest BCUT2D eigenvalue weighted by Crippen LogP contribution is 2.31. The van der Waals surface area contributed by atoms with Crippen LogP contribution in [-0.4, -0.2) is 36.1 Å². The number of amides is 1. The Balaban J connectivity index is 2.23. The minimum Gasteiger partial charge on any atom is -0.441 e. The number of aldehydes is 1. The number of ether oxygens (including phenoxy) is 1. The van der Waals surface area contributed by atoms with Gasteiger partial charge in [-0.3, -0.25) is 4.79 Å². The van der Waals surface area contributed by atoms with E-state index in [1.807, 2.05) is 4.90 Å². The lowest BCUT2D eigenvalue weighted by Gasteiger charge is -2.25. The van der Waals surface area contributed by atoms with E-state index in [2.05, 4.69) is 4.98 Å². The van der Waals surface area contributed by atoms with Crippen molar-refractivity contribution < 1.29 is 14.3 Å². The van der Waals surface area contributed by atoms with Crippen molar-refractivity contribution in [2.24, 2.45) is 5.73 Å². The molecule has 1 amide bonds. The summed E-state index contributed by atoms with van der Waals surface area (Å²) in [4.78, 5) is 27.7. The van der Waals surface area contributed by atoms with Gasteiger partial charge in [0.25, 0.3) is 0 Å². The molecule has 2 heterocycles. The molecule has 0 aliphatic carbocycles. The maximum atomic E-state index is 11.0. The SMILES string of the molecule is C[C@]1(OC(N)=O)CCN(c2cc(Cl)ncc2C=O)C1. The highest BCUT2D eigenvalue weighted by atomic mass is 35.5. The Morgan fingerprint density at radius 2 is 2.42 bits per heavy atom. The first-order valence-electron chi connectivity index (χ1n) is 5.78. The zero-order valence-electron chi connectivity index (χ0n) is 10.4. The van der Waals surface area contributed by atoms with Crippen LogP contribution in [0, 0.1) is 0 Å². The van der Waals surface area contributed by atoms with Crippen LogP contribution in [0.4, 0.5) is 10.5 Å². The van der Waals surface area contributed by atoms with Crippen LogP contribution in [0.2, 0.25) is 5.15 Å². The average molecular weight is 284 g/mol. The normalized spacial score (nSPS) is 22.3. The number of carbonyl (C=O) groups excluding carboxylic acids is 2. The van der Waals surface area contributed by atoms with Gasteiger partial charge in [0.05, 0.1) is 17.8 Å². The summed E-state index contributed by atoms with van der Waals surface area (Å²) in [5.74, 6) is 0. The third-order valence-electron chi connectivity index (χ3n) is 3.13. The van der Waals surface area contributed by atoms with E-state index < -0.39 is 11.7 Å². The van der Waals surface area contributed by atoms with Crippen molar-refractivity contribution in [2.75, 3.05) is 18.0 Å². The second-order valence-corrected chi connectivity index (χ2v) is 5.11. The van der Waals surface area contributed by atoms with Gasteiger partial charge >= 0.3 is 6.09 Å². The number of primary amides is 1. The van der Waals surface area contributed by atoms with Crippen molar-refractivity contribution in [1.82, 2.24) is 4.98 Å². The summed E-state index contributed by atoms with van der Waals surface area (Å²) in [6, 6.07) is 1.63.